The molecule has 3 rings (SSSR count). The molecule has 21 heavy (non-hydrogen) atoms. The van der Waals surface area contributed by atoms with Gasteiger partial charge in [-0.1, -0.05) is 12.1 Å². The van der Waals surface area contributed by atoms with Crippen LogP contribution in [0.2, 0.25) is 0 Å². The van der Waals surface area contributed by atoms with Crippen molar-refractivity contribution in [1.29, 1.82) is 0 Å². The van der Waals surface area contributed by atoms with Crippen molar-refractivity contribution in [3.05, 3.63) is 40.7 Å². The van der Waals surface area contributed by atoms with Gasteiger partial charge in [-0.05, 0) is 39.2 Å². The van der Waals surface area contributed by atoms with Crippen LogP contribution in [0, 0.1) is 0 Å². The van der Waals surface area contributed by atoms with Gasteiger partial charge in [0.05, 0.1) is 5.69 Å². The minimum absolute atomic E-state index is 0.227. The SMILES string of the molecule is CN(C)CCCN1c2ccccc2Oc2n[nH]c(=O)cc21. The predicted octanol–water partition coefficient (Wildman–Crippen LogP) is 1.97. The summed E-state index contributed by atoms with van der Waals surface area (Å²) < 4.78 is 5.76. The van der Waals surface area contributed by atoms with E-state index in [4.69, 9.17) is 4.74 Å². The van der Waals surface area contributed by atoms with Crippen LogP contribution in [0.4, 0.5) is 11.4 Å². The number of rotatable bonds is 4. The summed E-state index contributed by atoms with van der Waals surface area (Å²) in [4.78, 5) is 15.8. The van der Waals surface area contributed by atoms with Crippen molar-refractivity contribution in [3.8, 4) is 11.6 Å². The molecule has 0 saturated heterocycles. The van der Waals surface area contributed by atoms with Gasteiger partial charge in [0, 0.05) is 12.6 Å². The predicted molar refractivity (Wildman–Crippen MR) is 81.6 cm³/mol. The Morgan fingerprint density at radius 1 is 1.29 bits per heavy atom. The molecule has 0 aliphatic carbocycles. The van der Waals surface area contributed by atoms with Crippen molar-refractivity contribution < 1.29 is 4.74 Å². The number of aromatic nitrogens is 2. The number of nitrogens with zero attached hydrogens (tertiary/aromatic N) is 3. The van der Waals surface area contributed by atoms with E-state index >= 15 is 0 Å². The molecule has 0 bridgehead atoms. The first-order valence-electron chi connectivity index (χ1n) is 6.94. The van der Waals surface area contributed by atoms with Crippen molar-refractivity contribution in [2.24, 2.45) is 0 Å². The van der Waals surface area contributed by atoms with E-state index in [0.717, 1.165) is 36.6 Å². The minimum atomic E-state index is -0.227. The van der Waals surface area contributed by atoms with Crippen LogP contribution in [0.3, 0.4) is 0 Å². The van der Waals surface area contributed by atoms with Crippen LogP contribution in [0.1, 0.15) is 6.42 Å². The van der Waals surface area contributed by atoms with Crippen LogP contribution in [-0.4, -0.2) is 42.3 Å². The van der Waals surface area contributed by atoms with Gasteiger partial charge in [-0.2, -0.15) is 0 Å². The second-order valence-electron chi connectivity index (χ2n) is 5.30. The Labute approximate surface area is 123 Å². The quantitative estimate of drug-likeness (QED) is 0.931. The number of ether oxygens (including phenoxy) is 1. The van der Waals surface area contributed by atoms with Crippen LogP contribution in [0.5, 0.6) is 11.6 Å². The van der Waals surface area contributed by atoms with Crippen LogP contribution >= 0.6 is 0 Å². The molecule has 0 saturated carbocycles. The van der Waals surface area contributed by atoms with Gasteiger partial charge >= 0.3 is 0 Å². The lowest BCUT2D eigenvalue weighted by Crippen LogP contribution is -2.27. The highest BCUT2D eigenvalue weighted by molar-refractivity contribution is 5.75. The molecule has 110 valence electrons. The molecule has 0 radical (unpaired) electrons. The molecule has 1 aromatic heterocycles. The number of aromatic amines is 1. The van der Waals surface area contributed by atoms with E-state index in [1.165, 1.54) is 6.07 Å². The van der Waals surface area contributed by atoms with Crippen molar-refractivity contribution in [1.82, 2.24) is 15.1 Å². The Morgan fingerprint density at radius 2 is 2.10 bits per heavy atom. The normalized spacial score (nSPS) is 12.8. The molecule has 0 fully saturated rings. The molecule has 2 aromatic rings. The number of hydrogen-bond acceptors (Lipinski definition) is 5. The van der Waals surface area contributed by atoms with Gasteiger partial charge in [-0.15, -0.1) is 5.10 Å². The number of para-hydroxylation sites is 2. The van der Waals surface area contributed by atoms with Gasteiger partial charge in [-0.25, -0.2) is 5.10 Å². The van der Waals surface area contributed by atoms with Crippen molar-refractivity contribution in [2.75, 3.05) is 32.1 Å². The van der Waals surface area contributed by atoms with Gasteiger partial charge in [-0.3, -0.25) is 4.79 Å². The molecule has 1 aliphatic heterocycles. The molecule has 0 unspecified atom stereocenters. The zero-order valence-corrected chi connectivity index (χ0v) is 12.2. The first-order valence-corrected chi connectivity index (χ1v) is 6.94. The van der Waals surface area contributed by atoms with E-state index in [1.54, 1.807) is 0 Å². The third-order valence-corrected chi connectivity index (χ3v) is 3.40. The fourth-order valence-corrected chi connectivity index (χ4v) is 2.44. The number of anilines is 2. The Balaban J connectivity index is 1.96. The van der Waals surface area contributed by atoms with Crippen LogP contribution < -0.4 is 15.2 Å². The summed E-state index contributed by atoms with van der Waals surface area (Å²) in [7, 11) is 4.10. The highest BCUT2D eigenvalue weighted by Gasteiger charge is 2.25. The van der Waals surface area contributed by atoms with Gasteiger partial charge in [0.1, 0.15) is 5.69 Å². The summed E-state index contributed by atoms with van der Waals surface area (Å²) in [5.74, 6) is 1.20. The smallest absolute Gasteiger partial charge is 0.266 e. The summed E-state index contributed by atoms with van der Waals surface area (Å²) in [6.45, 7) is 1.78. The van der Waals surface area contributed by atoms with Gasteiger partial charge in [0.15, 0.2) is 5.75 Å². The molecule has 2 heterocycles. The Morgan fingerprint density at radius 3 is 2.90 bits per heavy atom. The standard InChI is InChI=1S/C15H18N4O2/c1-18(2)8-5-9-19-11-6-3-4-7-13(11)21-15-12(19)10-14(20)16-17-15/h3-4,6-7,10H,5,8-9H2,1-2H3,(H,16,20). The van der Waals surface area contributed by atoms with Crippen LogP contribution in [0.15, 0.2) is 35.1 Å². The van der Waals surface area contributed by atoms with Crippen molar-refractivity contribution >= 4 is 11.4 Å². The molecule has 0 atom stereocenters. The van der Waals surface area contributed by atoms with Gasteiger partial charge in [0.2, 0.25) is 0 Å². The van der Waals surface area contributed by atoms with E-state index in [-0.39, 0.29) is 5.56 Å². The summed E-state index contributed by atoms with van der Waals surface area (Å²) in [6, 6.07) is 9.33. The first-order chi connectivity index (χ1) is 10.1. The first kappa shape index (κ1) is 13.6. The monoisotopic (exact) mass is 286 g/mol. The maximum Gasteiger partial charge on any atom is 0.266 e. The average molecular weight is 286 g/mol. The second kappa shape index (κ2) is 5.57. The van der Waals surface area contributed by atoms with Crippen molar-refractivity contribution in [2.45, 2.75) is 6.42 Å². The number of fused-ring (bicyclic) bond motifs is 2. The molecule has 1 N–H and O–H groups in total. The molecule has 6 heteroatoms. The molecule has 0 spiro atoms. The fraction of sp³-hybridized carbons (Fsp3) is 0.333. The molecule has 0 amide bonds. The van der Waals surface area contributed by atoms with Gasteiger partial charge < -0.3 is 14.5 Å². The van der Waals surface area contributed by atoms with Crippen LogP contribution in [-0.2, 0) is 0 Å². The molecular weight excluding hydrogens is 268 g/mol. The summed E-state index contributed by atoms with van der Waals surface area (Å²) in [5.41, 5.74) is 1.46. The Hall–Kier alpha value is -2.34. The fourth-order valence-electron chi connectivity index (χ4n) is 2.44. The average Bonchev–Trinajstić information content (AvgIpc) is 2.46. The maximum absolute atomic E-state index is 11.6. The van der Waals surface area contributed by atoms with E-state index in [2.05, 4.69) is 20.0 Å². The molecule has 1 aromatic carbocycles. The Kier molecular flexibility index (Phi) is 3.62. The lowest BCUT2D eigenvalue weighted by atomic mass is 10.2. The highest BCUT2D eigenvalue weighted by atomic mass is 16.5. The van der Waals surface area contributed by atoms with Gasteiger partial charge in [0.25, 0.3) is 11.4 Å². The Bertz CT molecular complexity index is 696. The zero-order chi connectivity index (χ0) is 14.8. The minimum Gasteiger partial charge on any atom is -0.434 e. The molecule has 1 aliphatic rings. The summed E-state index contributed by atoms with van der Waals surface area (Å²) in [5, 5.41) is 6.42. The lowest BCUT2D eigenvalue weighted by molar-refractivity contribution is 0.399. The summed E-state index contributed by atoms with van der Waals surface area (Å²) in [6.07, 6.45) is 0.980. The third kappa shape index (κ3) is 2.75. The van der Waals surface area contributed by atoms with Crippen molar-refractivity contribution in [3.63, 3.8) is 0 Å². The number of H-pyrrole nitrogens is 1. The zero-order valence-electron chi connectivity index (χ0n) is 12.2. The third-order valence-electron chi connectivity index (χ3n) is 3.40. The van der Waals surface area contributed by atoms with E-state index in [0.29, 0.717) is 5.88 Å². The maximum atomic E-state index is 11.6. The van der Waals surface area contributed by atoms with E-state index in [9.17, 15) is 4.79 Å². The number of hydrogen-bond donors (Lipinski definition) is 1. The van der Waals surface area contributed by atoms with Crippen LogP contribution in [0.25, 0.3) is 0 Å². The van der Waals surface area contributed by atoms with E-state index < -0.39 is 0 Å². The summed E-state index contributed by atoms with van der Waals surface area (Å²) >= 11 is 0. The highest BCUT2D eigenvalue weighted by Crippen LogP contribution is 2.44. The number of nitrogens with one attached hydrogen (secondary N) is 1. The number of benzene rings is 1. The largest absolute Gasteiger partial charge is 0.434 e. The second-order valence-corrected chi connectivity index (χ2v) is 5.30. The molecular formula is C15H18N4O2. The topological polar surface area (TPSA) is 61.5 Å². The lowest BCUT2D eigenvalue weighted by Gasteiger charge is -2.31. The molecule has 6 nitrogen and oxygen atoms in total. The van der Waals surface area contributed by atoms with E-state index in [1.807, 2.05) is 38.4 Å².